The van der Waals surface area contributed by atoms with Gasteiger partial charge in [0.05, 0.1) is 12.4 Å². The zero-order valence-electron chi connectivity index (χ0n) is 19.8. The number of piperazine rings is 1. The van der Waals surface area contributed by atoms with E-state index in [4.69, 9.17) is 4.74 Å². The summed E-state index contributed by atoms with van der Waals surface area (Å²) in [6, 6.07) is 6.60. The number of ether oxygens (including phenoxy) is 1. The fourth-order valence-corrected chi connectivity index (χ4v) is 4.87. The first-order valence-corrected chi connectivity index (χ1v) is 11.8. The Morgan fingerprint density at radius 1 is 1.15 bits per heavy atom. The van der Waals surface area contributed by atoms with Crippen LogP contribution >= 0.6 is 0 Å². The number of rotatable bonds is 6. The van der Waals surface area contributed by atoms with Crippen molar-refractivity contribution in [3.8, 4) is 5.75 Å². The van der Waals surface area contributed by atoms with Gasteiger partial charge in [-0.2, -0.15) is 0 Å². The van der Waals surface area contributed by atoms with Crippen LogP contribution in [0.1, 0.15) is 30.9 Å². The lowest BCUT2D eigenvalue weighted by atomic mass is 10.1. The summed E-state index contributed by atoms with van der Waals surface area (Å²) >= 11 is 0. The third-order valence-electron chi connectivity index (χ3n) is 6.92. The number of allylic oxidation sites excluding steroid dienone is 1. The minimum atomic E-state index is 0.266. The molecule has 1 atom stereocenters. The van der Waals surface area contributed by atoms with E-state index in [0.29, 0.717) is 12.3 Å². The molecular weight excluding hydrogens is 414 g/mol. The molecule has 33 heavy (non-hydrogen) atoms. The molecule has 8 heteroatoms. The fraction of sp³-hybridized carbons (Fsp3) is 0.480. The highest BCUT2D eigenvalue weighted by Crippen LogP contribution is 2.30. The van der Waals surface area contributed by atoms with Crippen LogP contribution in [-0.2, 0) is 0 Å². The average molecular weight is 448 g/mol. The fourth-order valence-electron chi connectivity index (χ4n) is 4.87. The molecule has 8 nitrogen and oxygen atoms in total. The van der Waals surface area contributed by atoms with Gasteiger partial charge in [-0.15, -0.1) is 0 Å². The van der Waals surface area contributed by atoms with Crippen molar-refractivity contribution in [3.63, 3.8) is 0 Å². The number of anilines is 1. The number of aryl methyl sites for hydroxylation is 1. The van der Waals surface area contributed by atoms with E-state index in [9.17, 15) is 0 Å². The van der Waals surface area contributed by atoms with Gasteiger partial charge in [0.15, 0.2) is 11.5 Å². The van der Waals surface area contributed by atoms with Crippen LogP contribution in [0.15, 0.2) is 36.6 Å². The number of imidazole rings is 1. The molecule has 4 heterocycles. The van der Waals surface area contributed by atoms with E-state index in [0.717, 1.165) is 62.6 Å². The van der Waals surface area contributed by atoms with Gasteiger partial charge in [0.1, 0.15) is 24.2 Å². The third-order valence-corrected chi connectivity index (χ3v) is 6.92. The Labute approximate surface area is 195 Å². The van der Waals surface area contributed by atoms with Crippen LogP contribution in [0.2, 0.25) is 0 Å². The zero-order chi connectivity index (χ0) is 22.8. The Bertz CT molecular complexity index is 1130. The topological polar surface area (TPSA) is 73.4 Å². The van der Waals surface area contributed by atoms with Gasteiger partial charge >= 0.3 is 0 Å². The van der Waals surface area contributed by atoms with Gasteiger partial charge < -0.3 is 24.4 Å². The van der Waals surface area contributed by atoms with Gasteiger partial charge in [-0.25, -0.2) is 15.0 Å². The van der Waals surface area contributed by atoms with E-state index in [2.05, 4.69) is 79.8 Å². The van der Waals surface area contributed by atoms with Crippen molar-refractivity contribution in [3.05, 3.63) is 47.7 Å². The lowest BCUT2D eigenvalue weighted by molar-refractivity contribution is 0.187. The Kier molecular flexibility index (Phi) is 6.17. The predicted molar refractivity (Wildman–Crippen MR) is 131 cm³/mol. The summed E-state index contributed by atoms with van der Waals surface area (Å²) in [6.45, 7) is 10.3. The maximum atomic E-state index is 6.47. The molecule has 3 aromatic rings. The van der Waals surface area contributed by atoms with Crippen LogP contribution in [0.3, 0.4) is 0 Å². The summed E-state index contributed by atoms with van der Waals surface area (Å²) < 4.78 is 6.47. The minimum Gasteiger partial charge on any atom is -0.491 e. The molecule has 2 fully saturated rings. The van der Waals surface area contributed by atoms with Gasteiger partial charge in [-0.3, -0.25) is 0 Å². The van der Waals surface area contributed by atoms with E-state index in [1.165, 1.54) is 16.8 Å². The number of likely N-dealkylation sites (N-methyl/N-ethyl adjacent to an activating group) is 1. The highest BCUT2D eigenvalue weighted by molar-refractivity contribution is 5.83. The molecule has 0 radical (unpaired) electrons. The summed E-state index contributed by atoms with van der Waals surface area (Å²) in [4.78, 5) is 23.5. The van der Waals surface area contributed by atoms with Crippen molar-refractivity contribution in [2.24, 2.45) is 0 Å². The monoisotopic (exact) mass is 447 g/mol. The summed E-state index contributed by atoms with van der Waals surface area (Å²) in [5.41, 5.74) is 5.31. The maximum Gasteiger partial charge on any atom is 0.182 e. The lowest BCUT2D eigenvalue weighted by Gasteiger charge is -2.34. The molecule has 5 rings (SSSR count). The molecule has 1 unspecified atom stereocenters. The number of aromatic amines is 1. The Morgan fingerprint density at radius 3 is 2.85 bits per heavy atom. The van der Waals surface area contributed by atoms with E-state index < -0.39 is 0 Å². The van der Waals surface area contributed by atoms with E-state index in [1.807, 2.05) is 0 Å². The molecule has 1 aromatic carbocycles. The van der Waals surface area contributed by atoms with Crippen LogP contribution in [0, 0.1) is 6.92 Å². The molecule has 0 bridgehead atoms. The zero-order valence-corrected chi connectivity index (χ0v) is 19.8. The van der Waals surface area contributed by atoms with Gasteiger partial charge in [-0.1, -0.05) is 12.1 Å². The standard InChI is InChI=1S/C25H33N7O/c1-18-6-4-8-22(21(18)14-19(2)31-12-10-30(3)11-13-31)33-15-20-7-5-9-32(20)25-23-24(27-16-26-23)28-17-29-25/h4,6,8,14,16-17,20H,5,7,9-13,15H2,1-3H3,(H,26,27,28,29). The molecule has 2 aliphatic rings. The highest BCUT2D eigenvalue weighted by atomic mass is 16.5. The second-order valence-corrected chi connectivity index (χ2v) is 9.16. The molecule has 0 amide bonds. The van der Waals surface area contributed by atoms with E-state index in [1.54, 1.807) is 12.7 Å². The van der Waals surface area contributed by atoms with Crippen LogP contribution < -0.4 is 9.64 Å². The molecule has 2 aliphatic heterocycles. The van der Waals surface area contributed by atoms with Crippen molar-refractivity contribution >= 4 is 23.1 Å². The van der Waals surface area contributed by atoms with Crippen molar-refractivity contribution < 1.29 is 4.74 Å². The van der Waals surface area contributed by atoms with Gasteiger partial charge in [0.25, 0.3) is 0 Å². The Balaban J connectivity index is 1.33. The van der Waals surface area contributed by atoms with Crippen molar-refractivity contribution in [1.82, 2.24) is 29.7 Å². The second-order valence-electron chi connectivity index (χ2n) is 9.16. The number of hydrogen-bond acceptors (Lipinski definition) is 7. The molecule has 2 aromatic heterocycles. The Morgan fingerprint density at radius 2 is 2.00 bits per heavy atom. The van der Waals surface area contributed by atoms with E-state index >= 15 is 0 Å². The van der Waals surface area contributed by atoms with Crippen LogP contribution in [0.5, 0.6) is 5.75 Å². The van der Waals surface area contributed by atoms with Gasteiger partial charge in [-0.05, 0) is 51.4 Å². The smallest absolute Gasteiger partial charge is 0.182 e. The number of benzene rings is 1. The first-order chi connectivity index (χ1) is 16.1. The number of aromatic nitrogens is 4. The largest absolute Gasteiger partial charge is 0.491 e. The predicted octanol–water partition coefficient (Wildman–Crippen LogP) is 3.32. The molecule has 174 valence electrons. The first-order valence-electron chi connectivity index (χ1n) is 11.8. The molecule has 0 spiro atoms. The Hall–Kier alpha value is -3.13. The second kappa shape index (κ2) is 9.39. The van der Waals surface area contributed by atoms with Crippen LogP contribution in [0.4, 0.5) is 5.82 Å². The molecule has 0 aliphatic carbocycles. The summed E-state index contributed by atoms with van der Waals surface area (Å²) in [5, 5.41) is 0. The average Bonchev–Trinajstić information content (AvgIpc) is 3.49. The number of nitrogens with one attached hydrogen (secondary N) is 1. The molecule has 1 N–H and O–H groups in total. The highest BCUT2D eigenvalue weighted by Gasteiger charge is 2.28. The van der Waals surface area contributed by atoms with Crippen molar-refractivity contribution in [1.29, 1.82) is 0 Å². The van der Waals surface area contributed by atoms with Gasteiger partial charge in [0, 0.05) is 44.0 Å². The first kappa shape index (κ1) is 21.7. The summed E-state index contributed by atoms with van der Waals surface area (Å²) in [5.74, 6) is 1.86. The SMILES string of the molecule is CC(=Cc1c(C)cccc1OCC1CCCN1c1ncnc2nc[nH]c12)N1CCN(C)CC1. The van der Waals surface area contributed by atoms with Crippen molar-refractivity contribution in [2.45, 2.75) is 32.7 Å². The quantitative estimate of drug-likeness (QED) is 0.621. The summed E-state index contributed by atoms with van der Waals surface area (Å²) in [6.07, 6.45) is 7.77. The molecule has 2 saturated heterocycles. The normalized spacial score (nSPS) is 20.1. The van der Waals surface area contributed by atoms with Crippen LogP contribution in [0.25, 0.3) is 17.2 Å². The maximum absolute atomic E-state index is 6.47. The van der Waals surface area contributed by atoms with Crippen molar-refractivity contribution in [2.75, 3.05) is 51.3 Å². The third kappa shape index (κ3) is 4.53. The number of nitrogens with zero attached hydrogens (tertiary/aromatic N) is 6. The number of H-pyrrole nitrogens is 1. The number of hydrogen-bond donors (Lipinski definition) is 1. The number of fused-ring (bicyclic) bond motifs is 1. The van der Waals surface area contributed by atoms with Crippen LogP contribution in [-0.4, -0.2) is 82.2 Å². The summed E-state index contributed by atoms with van der Waals surface area (Å²) in [7, 11) is 2.19. The van der Waals surface area contributed by atoms with Gasteiger partial charge in [0.2, 0.25) is 0 Å². The van der Waals surface area contributed by atoms with E-state index in [-0.39, 0.29) is 6.04 Å². The molecular formula is C25H33N7O. The minimum absolute atomic E-state index is 0.266. The lowest BCUT2D eigenvalue weighted by Crippen LogP contribution is -2.43. The molecule has 0 saturated carbocycles.